The molecule has 0 aliphatic heterocycles. The van der Waals surface area contributed by atoms with Crippen molar-refractivity contribution in [2.24, 2.45) is 0 Å². The number of aromatic nitrogens is 6. The van der Waals surface area contributed by atoms with E-state index in [1.54, 1.807) is 55.1 Å². The summed E-state index contributed by atoms with van der Waals surface area (Å²) in [5, 5.41) is 11.3. The number of fused-ring (bicyclic) bond motifs is 2. The number of anilines is 1. The number of rotatable bonds is 5. The average molecular weight is 526 g/mol. The van der Waals surface area contributed by atoms with Crippen LogP contribution in [0, 0.1) is 5.82 Å². The third-order valence-electron chi connectivity index (χ3n) is 6.70. The van der Waals surface area contributed by atoms with E-state index < -0.39 is 0 Å². The van der Waals surface area contributed by atoms with Crippen LogP contribution in [0.4, 0.5) is 10.1 Å². The maximum Gasteiger partial charge on any atom is 0.255 e. The number of carbonyl (C=O) groups is 1. The van der Waals surface area contributed by atoms with Crippen LogP contribution in [0.25, 0.3) is 55.7 Å². The van der Waals surface area contributed by atoms with E-state index in [0.717, 1.165) is 27.7 Å². The second-order valence-electron chi connectivity index (χ2n) is 9.26. The van der Waals surface area contributed by atoms with Gasteiger partial charge in [0.05, 0.1) is 40.5 Å². The largest absolute Gasteiger partial charge is 0.352 e. The number of H-pyrrole nitrogens is 2. The number of nitrogens with one attached hydrogen (secondary N) is 3. The summed E-state index contributed by atoms with van der Waals surface area (Å²) in [7, 11) is 0. The molecule has 7 rings (SSSR count). The normalized spacial score (nSPS) is 11.2. The highest BCUT2D eigenvalue weighted by atomic mass is 19.1. The third-order valence-corrected chi connectivity index (χ3v) is 6.70. The van der Waals surface area contributed by atoms with Crippen LogP contribution in [-0.4, -0.2) is 36.0 Å². The van der Waals surface area contributed by atoms with E-state index in [2.05, 4.69) is 30.5 Å². The topological polar surface area (TPSA) is 112 Å². The summed E-state index contributed by atoms with van der Waals surface area (Å²) in [6.45, 7) is 0. The Hall–Kier alpha value is -5.70. The van der Waals surface area contributed by atoms with Crippen molar-refractivity contribution in [2.75, 3.05) is 5.32 Å². The van der Waals surface area contributed by atoms with Gasteiger partial charge in [0.15, 0.2) is 0 Å². The van der Waals surface area contributed by atoms with E-state index in [9.17, 15) is 9.18 Å². The van der Waals surface area contributed by atoms with Crippen molar-refractivity contribution in [1.29, 1.82) is 0 Å². The fraction of sp³-hybridized carbons (Fsp3) is 0. The molecule has 3 N–H and O–H groups in total. The molecule has 8 nitrogen and oxygen atoms in total. The van der Waals surface area contributed by atoms with Gasteiger partial charge >= 0.3 is 0 Å². The zero-order valence-electron chi connectivity index (χ0n) is 20.9. The van der Waals surface area contributed by atoms with Crippen LogP contribution in [0.3, 0.4) is 0 Å². The van der Waals surface area contributed by atoms with Crippen LogP contribution in [0.2, 0.25) is 0 Å². The quantitative estimate of drug-likeness (QED) is 0.234. The van der Waals surface area contributed by atoms with Gasteiger partial charge in [-0.1, -0.05) is 36.4 Å². The number of carbonyl (C=O) groups excluding carboxylic acids is 1. The standard InChI is InChI=1S/C31H20FN7O/c32-24-9-5-4-8-21(24)23-16-34-17-28-22(23)13-27(36-28)30-29-26(38-39-30)11-10-25(37-29)19-12-20(15-33-14-19)35-31(40)18-6-2-1-3-7-18/h1-17,36H,(H,35,40)(H,38,39). The lowest BCUT2D eigenvalue weighted by atomic mass is 10.0. The molecule has 5 aromatic heterocycles. The van der Waals surface area contributed by atoms with Crippen LogP contribution in [-0.2, 0) is 0 Å². The molecule has 5 heterocycles. The summed E-state index contributed by atoms with van der Waals surface area (Å²) < 4.78 is 14.6. The monoisotopic (exact) mass is 525 g/mol. The Bertz CT molecular complexity index is 2030. The highest BCUT2D eigenvalue weighted by molar-refractivity contribution is 6.04. The second-order valence-corrected chi connectivity index (χ2v) is 9.26. The summed E-state index contributed by atoms with van der Waals surface area (Å²) in [5.74, 6) is -0.532. The summed E-state index contributed by atoms with van der Waals surface area (Å²) >= 11 is 0. The first-order chi connectivity index (χ1) is 19.6. The number of benzene rings is 2. The van der Waals surface area contributed by atoms with Gasteiger partial charge in [0.25, 0.3) is 5.91 Å². The van der Waals surface area contributed by atoms with E-state index in [4.69, 9.17) is 4.98 Å². The Kier molecular flexibility index (Phi) is 5.59. The van der Waals surface area contributed by atoms with Gasteiger partial charge in [0.2, 0.25) is 0 Å². The van der Waals surface area contributed by atoms with E-state index >= 15 is 0 Å². The first kappa shape index (κ1) is 23.4. The van der Waals surface area contributed by atoms with Crippen LogP contribution in [0.1, 0.15) is 10.4 Å². The van der Waals surface area contributed by atoms with Crippen molar-refractivity contribution < 1.29 is 9.18 Å². The number of pyridine rings is 3. The molecular formula is C31H20FN7O. The minimum atomic E-state index is -0.313. The lowest BCUT2D eigenvalue weighted by Gasteiger charge is -2.07. The Labute approximate surface area is 227 Å². The summed E-state index contributed by atoms with van der Waals surface area (Å²) in [4.78, 5) is 29.5. The first-order valence-corrected chi connectivity index (χ1v) is 12.5. The van der Waals surface area contributed by atoms with Gasteiger partial charge in [-0.25, -0.2) is 9.37 Å². The molecule has 0 aliphatic rings. The number of hydrogen-bond acceptors (Lipinski definition) is 5. The molecule has 0 saturated heterocycles. The summed E-state index contributed by atoms with van der Waals surface area (Å²) in [6, 6.07) is 23.2. The number of halogens is 1. The van der Waals surface area contributed by atoms with Crippen molar-refractivity contribution in [3.05, 3.63) is 115 Å². The molecule has 0 radical (unpaired) electrons. The van der Waals surface area contributed by atoms with Crippen LogP contribution in [0.15, 0.2) is 104 Å². The van der Waals surface area contributed by atoms with Gasteiger partial charge in [-0.3, -0.25) is 19.9 Å². The molecule has 0 aliphatic carbocycles. The lowest BCUT2D eigenvalue weighted by Crippen LogP contribution is -2.11. The predicted octanol–water partition coefficient (Wildman–Crippen LogP) is 6.62. The van der Waals surface area contributed by atoms with Crippen LogP contribution in [0.5, 0.6) is 0 Å². The zero-order valence-corrected chi connectivity index (χ0v) is 20.9. The predicted molar refractivity (Wildman–Crippen MR) is 152 cm³/mol. The average Bonchev–Trinajstić information content (AvgIpc) is 3.62. The van der Waals surface area contributed by atoms with Crippen molar-refractivity contribution in [3.63, 3.8) is 0 Å². The summed E-state index contributed by atoms with van der Waals surface area (Å²) in [5.41, 5.74) is 7.20. The molecule has 40 heavy (non-hydrogen) atoms. The minimum absolute atomic E-state index is 0.219. The van der Waals surface area contributed by atoms with Gasteiger partial charge in [-0.2, -0.15) is 5.10 Å². The summed E-state index contributed by atoms with van der Waals surface area (Å²) in [6.07, 6.45) is 6.66. The maximum atomic E-state index is 14.6. The smallest absolute Gasteiger partial charge is 0.255 e. The molecule has 9 heteroatoms. The van der Waals surface area contributed by atoms with Crippen LogP contribution < -0.4 is 5.32 Å². The molecule has 0 bridgehead atoms. The Morgan fingerprint density at radius 3 is 2.50 bits per heavy atom. The molecule has 7 aromatic rings. The number of aromatic amines is 2. The second kappa shape index (κ2) is 9.55. The van der Waals surface area contributed by atoms with Crippen LogP contribution >= 0.6 is 0 Å². The van der Waals surface area contributed by atoms with E-state index in [1.807, 2.05) is 42.5 Å². The SMILES string of the molecule is O=C(Nc1cncc(-c2ccc3[nH]nc(-c4cc5c(-c6ccccc6F)cncc5[nH]4)c3n2)c1)c1ccccc1. The zero-order chi connectivity index (χ0) is 27.1. The molecule has 0 spiro atoms. The van der Waals surface area contributed by atoms with E-state index in [-0.39, 0.29) is 11.7 Å². The number of nitrogens with zero attached hydrogens (tertiary/aromatic N) is 4. The molecule has 192 valence electrons. The number of hydrogen-bond donors (Lipinski definition) is 3. The fourth-order valence-corrected chi connectivity index (χ4v) is 4.76. The molecular weight excluding hydrogens is 505 g/mol. The maximum absolute atomic E-state index is 14.6. The Morgan fingerprint density at radius 1 is 0.800 bits per heavy atom. The highest BCUT2D eigenvalue weighted by Gasteiger charge is 2.17. The molecule has 0 atom stereocenters. The fourth-order valence-electron chi connectivity index (χ4n) is 4.76. The van der Waals surface area contributed by atoms with Gasteiger partial charge in [0, 0.05) is 40.0 Å². The first-order valence-electron chi connectivity index (χ1n) is 12.5. The van der Waals surface area contributed by atoms with Gasteiger partial charge in [-0.15, -0.1) is 0 Å². The van der Waals surface area contributed by atoms with E-state index in [0.29, 0.717) is 39.3 Å². The third kappa shape index (κ3) is 4.15. The molecule has 2 aromatic carbocycles. The van der Waals surface area contributed by atoms with Gasteiger partial charge in [-0.05, 0) is 42.5 Å². The number of amides is 1. The molecule has 1 amide bonds. The van der Waals surface area contributed by atoms with Crippen molar-refractivity contribution in [1.82, 2.24) is 30.1 Å². The van der Waals surface area contributed by atoms with Crippen molar-refractivity contribution in [2.45, 2.75) is 0 Å². The molecule has 0 saturated carbocycles. The van der Waals surface area contributed by atoms with Gasteiger partial charge < -0.3 is 10.3 Å². The molecule has 0 unspecified atom stereocenters. The molecule has 0 fully saturated rings. The van der Waals surface area contributed by atoms with Crippen molar-refractivity contribution in [3.8, 4) is 33.8 Å². The Morgan fingerprint density at radius 2 is 1.62 bits per heavy atom. The highest BCUT2D eigenvalue weighted by Crippen LogP contribution is 2.34. The van der Waals surface area contributed by atoms with Gasteiger partial charge in [0.1, 0.15) is 17.0 Å². The lowest BCUT2D eigenvalue weighted by molar-refractivity contribution is 0.102. The minimum Gasteiger partial charge on any atom is -0.352 e. The van der Waals surface area contributed by atoms with Crippen molar-refractivity contribution >= 4 is 33.5 Å². The Balaban J connectivity index is 1.26. The van der Waals surface area contributed by atoms with E-state index in [1.165, 1.54) is 6.07 Å².